The van der Waals surface area contributed by atoms with Crippen molar-refractivity contribution in [2.24, 2.45) is 0 Å². The molecule has 0 bridgehead atoms. The maximum Gasteiger partial charge on any atom is 0.268 e. The average Bonchev–Trinajstić information content (AvgIpc) is 2.30. The van der Waals surface area contributed by atoms with Crippen LogP contribution in [0.25, 0.3) is 0 Å². The maximum atomic E-state index is 13.6. The molecule has 1 aliphatic rings. The lowest BCUT2D eigenvalue weighted by Crippen LogP contribution is -2.48. The van der Waals surface area contributed by atoms with Crippen LogP contribution in [0.5, 0.6) is 0 Å². The van der Waals surface area contributed by atoms with Crippen molar-refractivity contribution in [1.29, 1.82) is 0 Å². The van der Waals surface area contributed by atoms with Crippen LogP contribution in [0, 0.1) is 12.7 Å². The molecule has 0 spiro atoms. The van der Waals surface area contributed by atoms with E-state index in [0.717, 1.165) is 5.56 Å². The first-order valence-electron chi connectivity index (χ1n) is 5.56. The van der Waals surface area contributed by atoms with Crippen molar-refractivity contribution in [3.05, 3.63) is 35.1 Å². The van der Waals surface area contributed by atoms with Crippen molar-refractivity contribution in [2.75, 3.05) is 26.3 Å². The summed E-state index contributed by atoms with van der Waals surface area (Å²) in [6, 6.07) is 4.58. The molecule has 17 heavy (non-hydrogen) atoms. The van der Waals surface area contributed by atoms with E-state index in [1.54, 1.807) is 18.0 Å². The van der Waals surface area contributed by atoms with Crippen molar-refractivity contribution in [2.45, 2.75) is 6.92 Å². The van der Waals surface area contributed by atoms with Gasteiger partial charge in [-0.05, 0) is 24.6 Å². The van der Waals surface area contributed by atoms with Crippen molar-refractivity contribution < 1.29 is 13.9 Å². The SMILES string of the molecule is Cc1ccc(C(=O)NN2CCOCC2)c(F)c1. The molecule has 0 aliphatic carbocycles. The molecular formula is C12H15FN2O2. The second-order valence-corrected chi connectivity index (χ2v) is 4.02. The number of halogens is 1. The van der Waals surface area contributed by atoms with Gasteiger partial charge < -0.3 is 4.74 Å². The molecule has 0 radical (unpaired) electrons. The molecule has 1 aromatic rings. The molecule has 1 amide bonds. The van der Waals surface area contributed by atoms with Gasteiger partial charge in [0.05, 0.1) is 18.8 Å². The Labute approximate surface area is 99.3 Å². The number of carbonyl (C=O) groups is 1. The van der Waals surface area contributed by atoms with Crippen LogP contribution in [0.1, 0.15) is 15.9 Å². The molecule has 0 saturated carbocycles. The molecule has 1 saturated heterocycles. The molecule has 0 unspecified atom stereocenters. The van der Waals surface area contributed by atoms with Gasteiger partial charge in [-0.3, -0.25) is 10.2 Å². The van der Waals surface area contributed by atoms with Crippen molar-refractivity contribution >= 4 is 5.91 Å². The number of morpholine rings is 1. The van der Waals surface area contributed by atoms with Crippen molar-refractivity contribution in [3.63, 3.8) is 0 Å². The molecule has 2 rings (SSSR count). The van der Waals surface area contributed by atoms with Gasteiger partial charge in [-0.1, -0.05) is 6.07 Å². The molecule has 92 valence electrons. The van der Waals surface area contributed by atoms with Crippen molar-refractivity contribution in [1.82, 2.24) is 10.4 Å². The van der Waals surface area contributed by atoms with Gasteiger partial charge in [0.2, 0.25) is 0 Å². The molecule has 1 fully saturated rings. The highest BCUT2D eigenvalue weighted by molar-refractivity contribution is 5.94. The number of hydrogen-bond donors (Lipinski definition) is 1. The van der Waals surface area contributed by atoms with Crippen LogP contribution in [0.4, 0.5) is 4.39 Å². The van der Waals surface area contributed by atoms with Crippen LogP contribution < -0.4 is 5.43 Å². The molecule has 0 aromatic heterocycles. The fraction of sp³-hybridized carbons (Fsp3) is 0.417. The van der Waals surface area contributed by atoms with Crippen LogP contribution in [0.15, 0.2) is 18.2 Å². The first-order chi connectivity index (χ1) is 8.16. The average molecular weight is 238 g/mol. The van der Waals surface area contributed by atoms with Gasteiger partial charge in [-0.2, -0.15) is 0 Å². The van der Waals surface area contributed by atoms with E-state index in [-0.39, 0.29) is 5.56 Å². The summed E-state index contributed by atoms with van der Waals surface area (Å²) in [5, 5.41) is 1.74. The highest BCUT2D eigenvalue weighted by atomic mass is 19.1. The van der Waals surface area contributed by atoms with Crippen LogP contribution in [-0.2, 0) is 4.74 Å². The zero-order valence-electron chi connectivity index (χ0n) is 9.70. The quantitative estimate of drug-likeness (QED) is 0.839. The van der Waals surface area contributed by atoms with Crippen LogP contribution in [0.2, 0.25) is 0 Å². The predicted molar refractivity (Wildman–Crippen MR) is 61.0 cm³/mol. The minimum atomic E-state index is -0.490. The van der Waals surface area contributed by atoms with E-state index in [0.29, 0.717) is 26.3 Å². The van der Waals surface area contributed by atoms with Crippen LogP contribution in [-0.4, -0.2) is 37.2 Å². The predicted octanol–water partition coefficient (Wildman–Crippen LogP) is 1.11. The highest BCUT2D eigenvalue weighted by Gasteiger charge is 2.16. The van der Waals surface area contributed by atoms with Gasteiger partial charge in [0.1, 0.15) is 5.82 Å². The van der Waals surface area contributed by atoms with Crippen LogP contribution >= 0.6 is 0 Å². The van der Waals surface area contributed by atoms with Gasteiger partial charge in [-0.25, -0.2) is 9.40 Å². The number of aryl methyl sites for hydroxylation is 1. The molecule has 1 N–H and O–H groups in total. The molecule has 0 atom stereocenters. The Morgan fingerprint density at radius 3 is 2.76 bits per heavy atom. The minimum Gasteiger partial charge on any atom is -0.379 e. The number of nitrogens with one attached hydrogen (secondary N) is 1. The maximum absolute atomic E-state index is 13.6. The number of hydrogen-bond acceptors (Lipinski definition) is 3. The summed E-state index contributed by atoms with van der Waals surface area (Å²) >= 11 is 0. The van der Waals surface area contributed by atoms with Gasteiger partial charge in [-0.15, -0.1) is 0 Å². The second kappa shape index (κ2) is 5.25. The number of amides is 1. The van der Waals surface area contributed by atoms with E-state index in [1.165, 1.54) is 12.1 Å². The normalized spacial score (nSPS) is 16.8. The third-order valence-electron chi connectivity index (χ3n) is 2.64. The van der Waals surface area contributed by atoms with Gasteiger partial charge in [0, 0.05) is 13.1 Å². The standard InChI is InChI=1S/C12H15FN2O2/c1-9-2-3-10(11(13)8-9)12(16)14-15-4-6-17-7-5-15/h2-3,8H,4-7H2,1H3,(H,14,16). The monoisotopic (exact) mass is 238 g/mol. The van der Waals surface area contributed by atoms with Crippen molar-refractivity contribution in [3.8, 4) is 0 Å². The summed E-state index contributed by atoms with van der Waals surface area (Å²) in [6.45, 7) is 4.19. The summed E-state index contributed by atoms with van der Waals surface area (Å²) < 4.78 is 18.7. The lowest BCUT2D eigenvalue weighted by atomic mass is 10.1. The second-order valence-electron chi connectivity index (χ2n) is 4.02. The minimum absolute atomic E-state index is 0.0714. The molecule has 1 heterocycles. The number of benzene rings is 1. The van der Waals surface area contributed by atoms with E-state index >= 15 is 0 Å². The number of carbonyl (C=O) groups excluding carboxylic acids is 1. The Morgan fingerprint density at radius 2 is 2.12 bits per heavy atom. The lowest BCUT2D eigenvalue weighted by molar-refractivity contribution is 0.0125. The van der Waals surface area contributed by atoms with E-state index in [1.807, 2.05) is 0 Å². The number of nitrogens with zero attached hydrogens (tertiary/aromatic N) is 1. The Morgan fingerprint density at radius 1 is 1.41 bits per heavy atom. The Kier molecular flexibility index (Phi) is 3.71. The van der Waals surface area contributed by atoms with Gasteiger partial charge in [0.15, 0.2) is 0 Å². The Hall–Kier alpha value is -1.46. The summed E-state index contributed by atoms with van der Waals surface area (Å²) in [7, 11) is 0. The summed E-state index contributed by atoms with van der Waals surface area (Å²) in [6.07, 6.45) is 0. The third-order valence-corrected chi connectivity index (χ3v) is 2.64. The van der Waals surface area contributed by atoms with E-state index in [2.05, 4.69) is 5.43 Å². The van der Waals surface area contributed by atoms with E-state index in [9.17, 15) is 9.18 Å². The fourth-order valence-electron chi connectivity index (χ4n) is 1.68. The van der Waals surface area contributed by atoms with Gasteiger partial charge >= 0.3 is 0 Å². The van der Waals surface area contributed by atoms with E-state index in [4.69, 9.17) is 4.74 Å². The largest absolute Gasteiger partial charge is 0.379 e. The van der Waals surface area contributed by atoms with Crippen LogP contribution in [0.3, 0.4) is 0 Å². The molecule has 1 aromatic carbocycles. The fourth-order valence-corrected chi connectivity index (χ4v) is 1.68. The molecule has 4 nitrogen and oxygen atoms in total. The molecule has 5 heteroatoms. The topological polar surface area (TPSA) is 41.6 Å². The lowest BCUT2D eigenvalue weighted by Gasteiger charge is -2.26. The Bertz CT molecular complexity index is 417. The van der Waals surface area contributed by atoms with E-state index < -0.39 is 11.7 Å². The third kappa shape index (κ3) is 3.01. The molecular weight excluding hydrogens is 223 g/mol. The first kappa shape index (κ1) is 12.0. The highest BCUT2D eigenvalue weighted by Crippen LogP contribution is 2.10. The number of ether oxygens (including phenoxy) is 1. The first-order valence-corrected chi connectivity index (χ1v) is 5.56. The zero-order valence-corrected chi connectivity index (χ0v) is 9.70. The summed E-state index contributed by atoms with van der Waals surface area (Å²) in [5.41, 5.74) is 3.54. The number of rotatable bonds is 2. The smallest absolute Gasteiger partial charge is 0.268 e. The Balaban J connectivity index is 2.03. The zero-order chi connectivity index (χ0) is 12.3. The summed E-state index contributed by atoms with van der Waals surface area (Å²) in [4.78, 5) is 11.8. The molecule has 1 aliphatic heterocycles. The summed E-state index contributed by atoms with van der Waals surface area (Å²) in [5.74, 6) is -0.903. The number of hydrazine groups is 1. The van der Waals surface area contributed by atoms with Gasteiger partial charge in [0.25, 0.3) is 5.91 Å².